The number of carbonyl (C=O) groups excluding carboxylic acids is 2. The van der Waals surface area contributed by atoms with Gasteiger partial charge in [-0.1, -0.05) is 54.8 Å². The molecule has 10 heteroatoms. The Hall–Kier alpha value is -4.60. The van der Waals surface area contributed by atoms with Crippen molar-refractivity contribution in [3.8, 4) is 17.2 Å². The molecule has 0 spiro atoms. The summed E-state index contributed by atoms with van der Waals surface area (Å²) in [5.74, 6) is 0.233. The molecule has 1 atom stereocenters. The molecule has 4 aromatic rings. The van der Waals surface area contributed by atoms with E-state index in [1.807, 2.05) is 48.5 Å². The van der Waals surface area contributed by atoms with Crippen LogP contribution in [0.2, 0.25) is 0 Å². The van der Waals surface area contributed by atoms with Gasteiger partial charge in [0, 0.05) is 12.6 Å². The van der Waals surface area contributed by atoms with E-state index in [-0.39, 0.29) is 42.4 Å². The van der Waals surface area contributed by atoms with Gasteiger partial charge in [0.25, 0.3) is 0 Å². The monoisotopic (exact) mass is 557 g/mol. The zero-order valence-corrected chi connectivity index (χ0v) is 23.3. The molecule has 1 heterocycles. The van der Waals surface area contributed by atoms with Gasteiger partial charge in [-0.3, -0.25) is 9.59 Å². The van der Waals surface area contributed by atoms with Crippen LogP contribution in [-0.2, 0) is 22.7 Å². The number of para-hydroxylation sites is 1. The van der Waals surface area contributed by atoms with Crippen LogP contribution in [-0.4, -0.2) is 57.1 Å². The number of carbonyl (C=O) groups is 2. The molecular weight excluding hydrogens is 522 g/mol. The highest BCUT2D eigenvalue weighted by molar-refractivity contribution is 5.89. The quantitative estimate of drug-likeness (QED) is 0.297. The number of ether oxygens (including phenoxy) is 2. The number of methoxy groups -OCH3 is 2. The Labute approximate surface area is 238 Å². The third-order valence-corrected chi connectivity index (χ3v) is 7.57. The number of phenolic OH excluding ortho intramolecular Hbond substituents is 1. The van der Waals surface area contributed by atoms with Crippen LogP contribution in [0.5, 0.6) is 17.2 Å². The molecule has 10 nitrogen and oxygen atoms in total. The maximum atomic E-state index is 14.1. The number of aromatic hydroxyl groups is 1. The summed E-state index contributed by atoms with van der Waals surface area (Å²) in [4.78, 5) is 29.7. The minimum atomic E-state index is -1.02. The highest BCUT2D eigenvalue weighted by Crippen LogP contribution is 2.33. The predicted molar refractivity (Wildman–Crippen MR) is 153 cm³/mol. The first-order chi connectivity index (χ1) is 20.0. The highest BCUT2D eigenvalue weighted by atomic mass is 16.5. The van der Waals surface area contributed by atoms with Gasteiger partial charge < -0.3 is 24.8 Å². The van der Waals surface area contributed by atoms with Crippen LogP contribution in [0.25, 0.3) is 11.0 Å². The smallest absolute Gasteiger partial charge is 0.247 e. The lowest BCUT2D eigenvalue weighted by molar-refractivity contribution is -0.142. The van der Waals surface area contributed by atoms with Crippen molar-refractivity contribution < 1.29 is 24.2 Å². The lowest BCUT2D eigenvalue weighted by atomic mass is 9.94. The second-order valence-electron chi connectivity index (χ2n) is 10.3. The molecule has 0 aliphatic heterocycles. The van der Waals surface area contributed by atoms with Crippen molar-refractivity contribution in [2.45, 2.75) is 57.3 Å². The summed E-state index contributed by atoms with van der Waals surface area (Å²) in [6.45, 7) is 0.0248. The fourth-order valence-electron chi connectivity index (χ4n) is 5.38. The van der Waals surface area contributed by atoms with Crippen molar-refractivity contribution in [2.24, 2.45) is 0 Å². The summed E-state index contributed by atoms with van der Waals surface area (Å²) in [6, 6.07) is 18.6. The Balaban J connectivity index is 1.54. The van der Waals surface area contributed by atoms with Crippen molar-refractivity contribution in [2.75, 3.05) is 14.2 Å². The topological polar surface area (TPSA) is 119 Å². The van der Waals surface area contributed by atoms with Gasteiger partial charge in [-0.2, -0.15) is 0 Å². The van der Waals surface area contributed by atoms with E-state index in [1.165, 1.54) is 18.1 Å². The van der Waals surface area contributed by atoms with E-state index in [1.54, 1.807) is 23.9 Å². The third-order valence-electron chi connectivity index (χ3n) is 7.57. The molecule has 0 saturated heterocycles. The van der Waals surface area contributed by atoms with Crippen molar-refractivity contribution in [3.05, 3.63) is 77.9 Å². The van der Waals surface area contributed by atoms with Gasteiger partial charge in [0.15, 0.2) is 11.5 Å². The Morgan fingerprint density at radius 2 is 1.78 bits per heavy atom. The molecule has 2 amide bonds. The third kappa shape index (κ3) is 6.42. The number of aromatic nitrogens is 3. The summed E-state index contributed by atoms with van der Waals surface area (Å²) >= 11 is 0. The molecule has 5 rings (SSSR count). The standard InChI is InChI=1S/C31H35N5O5/c1-40-24-15-12-21(13-16-24)19-35(29(38)20-36-26-11-7-6-10-25(26)33-34-36)30(22-14-17-28(41-2)27(37)18-22)31(39)32-23-8-4-3-5-9-23/h6-7,10-18,23,30,37H,3-5,8-9,19-20H2,1-2H3,(H,32,39)/t30-/m0/s1. The number of hydrogen-bond acceptors (Lipinski definition) is 7. The number of benzene rings is 3. The van der Waals surface area contributed by atoms with E-state index in [0.29, 0.717) is 16.8 Å². The second kappa shape index (κ2) is 12.7. The number of rotatable bonds is 10. The molecule has 214 valence electrons. The van der Waals surface area contributed by atoms with Crippen LogP contribution in [0, 0.1) is 0 Å². The summed E-state index contributed by atoms with van der Waals surface area (Å²) in [7, 11) is 3.05. The van der Waals surface area contributed by atoms with Crippen LogP contribution in [0.15, 0.2) is 66.7 Å². The van der Waals surface area contributed by atoms with E-state index in [2.05, 4.69) is 15.6 Å². The second-order valence-corrected chi connectivity index (χ2v) is 10.3. The normalized spacial score (nSPS) is 14.4. The Morgan fingerprint density at radius 3 is 2.49 bits per heavy atom. The fraction of sp³-hybridized carbons (Fsp3) is 0.355. The van der Waals surface area contributed by atoms with Gasteiger partial charge in [-0.15, -0.1) is 5.10 Å². The highest BCUT2D eigenvalue weighted by Gasteiger charge is 2.34. The average molecular weight is 558 g/mol. The number of amides is 2. The Kier molecular flexibility index (Phi) is 8.67. The molecule has 1 saturated carbocycles. The van der Waals surface area contributed by atoms with Gasteiger partial charge in [0.2, 0.25) is 11.8 Å². The SMILES string of the molecule is COc1ccc(CN(C(=O)Cn2nnc3ccccc32)[C@H](C(=O)NC2CCCCC2)c2ccc(OC)c(O)c2)cc1. The van der Waals surface area contributed by atoms with Crippen LogP contribution in [0.3, 0.4) is 0 Å². The Bertz CT molecular complexity index is 1500. The molecule has 2 N–H and O–H groups in total. The molecule has 1 aliphatic rings. The van der Waals surface area contributed by atoms with E-state index in [0.717, 1.165) is 43.2 Å². The van der Waals surface area contributed by atoms with Crippen LogP contribution < -0.4 is 14.8 Å². The minimum Gasteiger partial charge on any atom is -0.504 e. The fourth-order valence-corrected chi connectivity index (χ4v) is 5.38. The summed E-state index contributed by atoms with van der Waals surface area (Å²) in [5, 5.41) is 22.2. The summed E-state index contributed by atoms with van der Waals surface area (Å²) < 4.78 is 12.1. The van der Waals surface area contributed by atoms with Gasteiger partial charge in [-0.25, -0.2) is 4.68 Å². The maximum absolute atomic E-state index is 14.1. The van der Waals surface area contributed by atoms with Crippen molar-refractivity contribution in [1.82, 2.24) is 25.2 Å². The van der Waals surface area contributed by atoms with Crippen LogP contribution in [0.1, 0.15) is 49.3 Å². The molecule has 0 radical (unpaired) electrons. The maximum Gasteiger partial charge on any atom is 0.247 e. The van der Waals surface area contributed by atoms with Gasteiger partial charge >= 0.3 is 0 Å². The van der Waals surface area contributed by atoms with E-state index in [9.17, 15) is 14.7 Å². The minimum absolute atomic E-state index is 0.0304. The first-order valence-corrected chi connectivity index (χ1v) is 13.8. The van der Waals surface area contributed by atoms with Gasteiger partial charge in [0.05, 0.1) is 19.7 Å². The van der Waals surface area contributed by atoms with Crippen LogP contribution in [0.4, 0.5) is 0 Å². The number of nitrogens with one attached hydrogen (secondary N) is 1. The van der Waals surface area contributed by atoms with E-state index >= 15 is 0 Å². The molecular formula is C31H35N5O5. The zero-order chi connectivity index (χ0) is 28.8. The summed E-state index contributed by atoms with van der Waals surface area (Å²) in [6.07, 6.45) is 5.03. The lowest BCUT2D eigenvalue weighted by Gasteiger charge is -2.33. The molecule has 1 aliphatic carbocycles. The number of fused-ring (bicyclic) bond motifs is 1. The van der Waals surface area contributed by atoms with Crippen molar-refractivity contribution in [3.63, 3.8) is 0 Å². The van der Waals surface area contributed by atoms with Crippen molar-refractivity contribution in [1.29, 1.82) is 0 Å². The largest absolute Gasteiger partial charge is 0.504 e. The molecule has 0 unspecified atom stereocenters. The number of phenols is 1. The van der Waals surface area contributed by atoms with Crippen molar-refractivity contribution >= 4 is 22.8 Å². The van der Waals surface area contributed by atoms with Crippen LogP contribution >= 0.6 is 0 Å². The lowest BCUT2D eigenvalue weighted by Crippen LogP contribution is -2.47. The molecule has 1 aromatic heterocycles. The van der Waals surface area contributed by atoms with E-state index < -0.39 is 6.04 Å². The average Bonchev–Trinajstić information content (AvgIpc) is 3.40. The van der Waals surface area contributed by atoms with E-state index in [4.69, 9.17) is 9.47 Å². The zero-order valence-electron chi connectivity index (χ0n) is 23.3. The first-order valence-electron chi connectivity index (χ1n) is 13.8. The Morgan fingerprint density at radius 1 is 1.02 bits per heavy atom. The number of nitrogens with zero attached hydrogens (tertiary/aromatic N) is 4. The molecule has 1 fully saturated rings. The summed E-state index contributed by atoms with van der Waals surface area (Å²) in [5.41, 5.74) is 2.68. The first kappa shape index (κ1) is 27.9. The molecule has 3 aromatic carbocycles. The number of hydrogen-bond donors (Lipinski definition) is 2. The van der Waals surface area contributed by atoms with Gasteiger partial charge in [-0.05, 0) is 60.4 Å². The predicted octanol–water partition coefficient (Wildman–Crippen LogP) is 4.37. The van der Waals surface area contributed by atoms with Gasteiger partial charge in [0.1, 0.15) is 23.9 Å². The molecule has 0 bridgehead atoms. The molecule has 41 heavy (non-hydrogen) atoms.